The molecule has 1 atom stereocenters. The first-order valence-electron chi connectivity index (χ1n) is 7.97. The number of anilines is 1. The molecular weight excluding hydrogens is 328 g/mol. The van der Waals surface area contributed by atoms with E-state index in [-0.39, 0.29) is 0 Å². The van der Waals surface area contributed by atoms with Crippen molar-refractivity contribution >= 4 is 21.6 Å². The average molecular weight is 355 g/mol. The van der Waals surface area contributed by atoms with Gasteiger partial charge in [-0.05, 0) is 43.5 Å². The molecule has 118 valence electrons. The van der Waals surface area contributed by atoms with E-state index in [1.54, 1.807) is 7.11 Å². The Morgan fingerprint density at radius 3 is 3.00 bits per heavy atom. The van der Waals surface area contributed by atoms with Gasteiger partial charge in [0.15, 0.2) is 0 Å². The Hall–Kier alpha value is -0.580. The number of hydrogen-bond acceptors (Lipinski definition) is 3. The number of halogens is 1. The molecule has 4 heteroatoms. The number of benzene rings is 1. The zero-order chi connectivity index (χ0) is 15.1. The van der Waals surface area contributed by atoms with Crippen LogP contribution in [0.2, 0.25) is 0 Å². The fourth-order valence-corrected chi connectivity index (χ4v) is 3.41. The van der Waals surface area contributed by atoms with E-state index in [4.69, 9.17) is 4.74 Å². The Labute approximate surface area is 137 Å². The number of nitrogens with one attached hydrogen (secondary N) is 1. The molecule has 1 N–H and O–H groups in total. The second-order valence-corrected chi connectivity index (χ2v) is 6.75. The van der Waals surface area contributed by atoms with Crippen LogP contribution in [0.25, 0.3) is 0 Å². The molecule has 0 spiro atoms. The van der Waals surface area contributed by atoms with Gasteiger partial charge in [0.05, 0.1) is 6.61 Å². The number of ether oxygens (including phenoxy) is 1. The molecule has 0 radical (unpaired) electrons. The van der Waals surface area contributed by atoms with Crippen LogP contribution in [-0.2, 0) is 11.3 Å². The Kier molecular flexibility index (Phi) is 7.00. The van der Waals surface area contributed by atoms with Gasteiger partial charge in [0.1, 0.15) is 0 Å². The van der Waals surface area contributed by atoms with Crippen molar-refractivity contribution in [1.29, 1.82) is 0 Å². The lowest BCUT2D eigenvalue weighted by molar-refractivity contribution is 0.199. The Balaban J connectivity index is 2.12. The minimum absolute atomic E-state index is 0.631. The molecule has 0 bridgehead atoms. The maximum atomic E-state index is 5.10. The van der Waals surface area contributed by atoms with Gasteiger partial charge in [-0.15, -0.1) is 0 Å². The highest BCUT2D eigenvalue weighted by atomic mass is 79.9. The summed E-state index contributed by atoms with van der Waals surface area (Å²) in [5.41, 5.74) is 2.76. The Morgan fingerprint density at radius 1 is 1.33 bits per heavy atom. The maximum absolute atomic E-state index is 5.10. The molecule has 0 aliphatic carbocycles. The quantitative estimate of drug-likeness (QED) is 0.782. The zero-order valence-electron chi connectivity index (χ0n) is 13.2. The number of methoxy groups -OCH3 is 1. The third-order valence-corrected chi connectivity index (χ3v) is 4.70. The molecule has 1 fully saturated rings. The predicted octanol–water partition coefficient (Wildman–Crippen LogP) is 3.95. The van der Waals surface area contributed by atoms with Crippen LogP contribution in [0.1, 0.15) is 38.2 Å². The first-order valence-corrected chi connectivity index (χ1v) is 8.76. The largest absolute Gasteiger partial charge is 0.383 e. The lowest BCUT2D eigenvalue weighted by Crippen LogP contribution is -2.33. The number of rotatable bonds is 6. The molecule has 1 aliphatic heterocycles. The van der Waals surface area contributed by atoms with Crippen molar-refractivity contribution in [3.63, 3.8) is 0 Å². The van der Waals surface area contributed by atoms with Crippen LogP contribution >= 0.6 is 15.9 Å². The van der Waals surface area contributed by atoms with Gasteiger partial charge in [-0.25, -0.2) is 0 Å². The molecule has 1 unspecified atom stereocenters. The van der Waals surface area contributed by atoms with Crippen LogP contribution in [0.4, 0.5) is 5.69 Å². The highest BCUT2D eigenvalue weighted by molar-refractivity contribution is 9.10. The van der Waals surface area contributed by atoms with E-state index in [0.717, 1.165) is 24.2 Å². The summed E-state index contributed by atoms with van der Waals surface area (Å²) in [7, 11) is 1.74. The molecule has 0 aromatic heterocycles. The molecule has 1 heterocycles. The van der Waals surface area contributed by atoms with Crippen LogP contribution < -0.4 is 10.2 Å². The van der Waals surface area contributed by atoms with Crippen molar-refractivity contribution in [3.05, 3.63) is 28.2 Å². The van der Waals surface area contributed by atoms with Crippen molar-refractivity contribution < 1.29 is 4.74 Å². The van der Waals surface area contributed by atoms with Crippen molar-refractivity contribution in [2.45, 2.75) is 45.2 Å². The van der Waals surface area contributed by atoms with E-state index in [1.165, 1.54) is 43.5 Å². The monoisotopic (exact) mass is 354 g/mol. The van der Waals surface area contributed by atoms with E-state index in [0.29, 0.717) is 6.04 Å². The normalized spacial score (nSPS) is 19.6. The summed E-state index contributed by atoms with van der Waals surface area (Å²) in [4.78, 5) is 2.59. The molecule has 2 rings (SSSR count). The van der Waals surface area contributed by atoms with E-state index in [9.17, 15) is 0 Å². The highest BCUT2D eigenvalue weighted by Gasteiger charge is 2.19. The van der Waals surface area contributed by atoms with Crippen molar-refractivity contribution in [3.8, 4) is 0 Å². The van der Waals surface area contributed by atoms with Gasteiger partial charge in [0.2, 0.25) is 0 Å². The van der Waals surface area contributed by atoms with E-state index in [2.05, 4.69) is 51.3 Å². The van der Waals surface area contributed by atoms with Gasteiger partial charge in [0.25, 0.3) is 0 Å². The lowest BCUT2D eigenvalue weighted by Gasteiger charge is -2.31. The second kappa shape index (κ2) is 8.76. The van der Waals surface area contributed by atoms with Crippen LogP contribution in [-0.4, -0.2) is 32.8 Å². The van der Waals surface area contributed by atoms with Crippen molar-refractivity contribution in [2.24, 2.45) is 0 Å². The fourth-order valence-electron chi connectivity index (χ4n) is 3.01. The Morgan fingerprint density at radius 2 is 2.19 bits per heavy atom. The second-order valence-electron chi connectivity index (χ2n) is 5.83. The topological polar surface area (TPSA) is 24.5 Å². The molecule has 21 heavy (non-hydrogen) atoms. The van der Waals surface area contributed by atoms with Gasteiger partial charge in [-0.3, -0.25) is 0 Å². The number of nitrogens with zero attached hydrogens (tertiary/aromatic N) is 1. The summed E-state index contributed by atoms with van der Waals surface area (Å²) in [5, 5.41) is 3.47. The minimum atomic E-state index is 0.631. The number of hydrogen-bond donors (Lipinski definition) is 1. The van der Waals surface area contributed by atoms with Gasteiger partial charge in [-0.1, -0.05) is 28.8 Å². The van der Waals surface area contributed by atoms with E-state index >= 15 is 0 Å². The SMILES string of the molecule is COCCNCc1cc(Br)ccc1N1CCCCCC1C. The summed E-state index contributed by atoms with van der Waals surface area (Å²) < 4.78 is 6.25. The molecule has 3 nitrogen and oxygen atoms in total. The summed E-state index contributed by atoms with van der Waals surface area (Å²) in [6.07, 6.45) is 5.32. The highest BCUT2D eigenvalue weighted by Crippen LogP contribution is 2.29. The lowest BCUT2D eigenvalue weighted by atomic mass is 10.1. The maximum Gasteiger partial charge on any atom is 0.0587 e. The molecular formula is C17H27BrN2O. The van der Waals surface area contributed by atoms with Gasteiger partial charge in [0, 0.05) is 42.9 Å². The smallest absolute Gasteiger partial charge is 0.0587 e. The first-order chi connectivity index (χ1) is 10.2. The Bertz CT molecular complexity index is 439. The van der Waals surface area contributed by atoms with Crippen LogP contribution in [0.5, 0.6) is 0 Å². The van der Waals surface area contributed by atoms with Crippen LogP contribution in [0.3, 0.4) is 0 Å². The minimum Gasteiger partial charge on any atom is -0.383 e. The predicted molar refractivity (Wildman–Crippen MR) is 93.0 cm³/mol. The third kappa shape index (κ3) is 4.97. The van der Waals surface area contributed by atoms with Crippen LogP contribution in [0, 0.1) is 0 Å². The molecule has 0 amide bonds. The molecule has 1 aromatic rings. The van der Waals surface area contributed by atoms with Gasteiger partial charge in [-0.2, -0.15) is 0 Å². The van der Waals surface area contributed by atoms with E-state index in [1.807, 2.05) is 0 Å². The third-order valence-electron chi connectivity index (χ3n) is 4.20. The first kappa shape index (κ1) is 16.8. The average Bonchev–Trinajstić information content (AvgIpc) is 2.69. The molecule has 1 aromatic carbocycles. The summed E-state index contributed by atoms with van der Waals surface area (Å²) >= 11 is 3.60. The summed E-state index contributed by atoms with van der Waals surface area (Å²) in [6.45, 7) is 6.06. The van der Waals surface area contributed by atoms with Crippen molar-refractivity contribution in [2.75, 3.05) is 31.7 Å². The van der Waals surface area contributed by atoms with Gasteiger partial charge < -0.3 is 15.0 Å². The molecule has 1 saturated heterocycles. The molecule has 0 saturated carbocycles. The van der Waals surface area contributed by atoms with Crippen LogP contribution in [0.15, 0.2) is 22.7 Å². The van der Waals surface area contributed by atoms with Gasteiger partial charge >= 0.3 is 0 Å². The summed E-state index contributed by atoms with van der Waals surface area (Å²) in [6, 6.07) is 7.30. The zero-order valence-corrected chi connectivity index (χ0v) is 14.8. The molecule has 1 aliphatic rings. The van der Waals surface area contributed by atoms with Crippen molar-refractivity contribution in [1.82, 2.24) is 5.32 Å². The summed E-state index contributed by atoms with van der Waals surface area (Å²) in [5.74, 6) is 0. The standard InChI is InChI=1S/C17H27BrN2O/c1-14-6-4-3-5-10-20(14)17-8-7-16(18)12-15(17)13-19-9-11-21-2/h7-8,12,14,19H,3-6,9-11,13H2,1-2H3. The van der Waals surface area contributed by atoms with E-state index < -0.39 is 0 Å². The fraction of sp³-hybridized carbons (Fsp3) is 0.647.